The average Bonchev–Trinajstić information content (AvgIpc) is 2.95. The van der Waals surface area contributed by atoms with E-state index in [1.807, 2.05) is 69.3 Å². The second kappa shape index (κ2) is 14.8. The molecular formula is C37H44N4O5. The first-order valence-corrected chi connectivity index (χ1v) is 15.1. The number of carbonyl (C=O) groups is 3. The highest BCUT2D eigenvalue weighted by atomic mass is 16.6. The van der Waals surface area contributed by atoms with Crippen LogP contribution in [0.4, 0.5) is 21.0 Å². The molecule has 3 amide bonds. The average molecular weight is 625 g/mol. The molecule has 0 aliphatic rings. The molecule has 9 heteroatoms. The third-order valence-electron chi connectivity index (χ3n) is 6.32. The van der Waals surface area contributed by atoms with Crippen molar-refractivity contribution in [2.45, 2.75) is 73.5 Å². The van der Waals surface area contributed by atoms with Crippen LogP contribution in [0.1, 0.15) is 78.4 Å². The zero-order chi connectivity index (χ0) is 34.2. The van der Waals surface area contributed by atoms with E-state index in [0.717, 1.165) is 10.5 Å². The van der Waals surface area contributed by atoms with Crippen LogP contribution in [-0.2, 0) is 9.47 Å². The van der Waals surface area contributed by atoms with Crippen LogP contribution < -0.4 is 9.80 Å². The molecule has 1 aromatic heterocycles. The second-order valence-corrected chi connectivity index (χ2v) is 12.8. The normalized spacial score (nSPS) is 12.1. The number of carbonyl (C=O) groups excluding carboxylic acids is 3. The smallest absolute Gasteiger partial charge is 0.424 e. The number of ether oxygens (including phenoxy) is 2. The van der Waals surface area contributed by atoms with Gasteiger partial charge in [0, 0.05) is 29.4 Å². The predicted octanol–water partition coefficient (Wildman–Crippen LogP) is 9.14. The molecule has 3 aromatic rings. The summed E-state index contributed by atoms with van der Waals surface area (Å²) in [5.41, 5.74) is 1.55. The Bertz CT molecular complexity index is 1660. The minimum atomic E-state index is -0.992. The molecule has 0 unspecified atom stereocenters. The standard InChI is InChI=1S/C37H44N4O5/c1-11-15-26(24-38-10)30-20-18-28-31(39-30)21-19-29(33(42)40(23-22-25(2)3)27-16-13-12-14-17-27)32(28)41(34(43)45-36(4,5)6)35(44)46-37(7,8)9/h11-22,24H,10,23H2,1-9H3/b15-11-,26-24+. The Morgan fingerprint density at radius 3 is 2.02 bits per heavy atom. The van der Waals surface area contributed by atoms with Gasteiger partial charge in [-0.3, -0.25) is 9.79 Å². The van der Waals surface area contributed by atoms with Crippen LogP contribution in [0.15, 0.2) is 89.6 Å². The topological polar surface area (TPSA) is 101 Å². The van der Waals surface area contributed by atoms with Crippen molar-refractivity contribution in [2.75, 3.05) is 16.3 Å². The van der Waals surface area contributed by atoms with Gasteiger partial charge in [0.05, 0.1) is 22.5 Å². The first kappa shape index (κ1) is 35.4. The van der Waals surface area contributed by atoms with Gasteiger partial charge in [-0.2, -0.15) is 4.90 Å². The Morgan fingerprint density at radius 1 is 0.891 bits per heavy atom. The van der Waals surface area contributed by atoms with E-state index in [-0.39, 0.29) is 17.8 Å². The van der Waals surface area contributed by atoms with Gasteiger partial charge in [0.15, 0.2) is 0 Å². The van der Waals surface area contributed by atoms with E-state index in [4.69, 9.17) is 14.5 Å². The molecule has 46 heavy (non-hydrogen) atoms. The number of benzene rings is 2. The van der Waals surface area contributed by atoms with Crippen molar-refractivity contribution in [1.29, 1.82) is 0 Å². The molecule has 2 aromatic carbocycles. The van der Waals surface area contributed by atoms with Gasteiger partial charge < -0.3 is 14.4 Å². The van der Waals surface area contributed by atoms with Crippen molar-refractivity contribution in [3.63, 3.8) is 0 Å². The zero-order valence-electron chi connectivity index (χ0n) is 28.2. The monoisotopic (exact) mass is 624 g/mol. The second-order valence-electron chi connectivity index (χ2n) is 12.8. The summed E-state index contributed by atoms with van der Waals surface area (Å²) in [5, 5.41) is 0.368. The lowest BCUT2D eigenvalue weighted by molar-refractivity contribution is 0.0431. The number of amides is 3. The van der Waals surface area contributed by atoms with Crippen molar-refractivity contribution >= 4 is 52.7 Å². The number of pyridine rings is 1. The summed E-state index contributed by atoms with van der Waals surface area (Å²) in [7, 11) is 0. The molecule has 0 aliphatic carbocycles. The SMILES string of the molecule is C=N/C=C(\C=C/C)c1ccc2c(N(C(=O)OC(C)(C)C)C(=O)OC(C)(C)C)c(C(=O)N(CC=C(C)C)c3ccccc3)ccc2n1. The molecule has 0 saturated carbocycles. The molecule has 0 saturated heterocycles. The molecule has 3 rings (SSSR count). The first-order valence-electron chi connectivity index (χ1n) is 15.1. The Kier molecular flexibility index (Phi) is 11.4. The number of allylic oxidation sites excluding steroid dienone is 4. The highest BCUT2D eigenvalue weighted by molar-refractivity contribution is 6.22. The molecule has 0 atom stereocenters. The number of aliphatic imine (C=N–C) groups is 1. The summed E-state index contributed by atoms with van der Waals surface area (Å²) in [6, 6.07) is 15.9. The molecule has 9 nitrogen and oxygen atoms in total. The molecule has 1 heterocycles. The van der Waals surface area contributed by atoms with Crippen molar-refractivity contribution in [1.82, 2.24) is 4.98 Å². The van der Waals surface area contributed by atoms with E-state index < -0.39 is 29.3 Å². The third-order valence-corrected chi connectivity index (χ3v) is 6.32. The van der Waals surface area contributed by atoms with Crippen LogP contribution in [0.5, 0.6) is 0 Å². The van der Waals surface area contributed by atoms with Crippen LogP contribution in [0.25, 0.3) is 16.5 Å². The van der Waals surface area contributed by atoms with Crippen LogP contribution in [0.2, 0.25) is 0 Å². The lowest BCUT2D eigenvalue weighted by Crippen LogP contribution is -2.45. The minimum absolute atomic E-state index is 0.00147. The lowest BCUT2D eigenvalue weighted by Gasteiger charge is -2.31. The van der Waals surface area contributed by atoms with Crippen LogP contribution in [0.3, 0.4) is 0 Å². The largest absolute Gasteiger partial charge is 0.443 e. The summed E-state index contributed by atoms with van der Waals surface area (Å²) in [4.78, 5) is 53.5. The Morgan fingerprint density at radius 2 is 1.50 bits per heavy atom. The number of fused-ring (bicyclic) bond motifs is 1. The van der Waals surface area contributed by atoms with E-state index >= 15 is 0 Å². The fraction of sp³-hybridized carbons (Fsp3) is 0.324. The van der Waals surface area contributed by atoms with E-state index in [0.29, 0.717) is 27.9 Å². The Labute approximate surface area is 271 Å². The summed E-state index contributed by atoms with van der Waals surface area (Å²) in [6.07, 6.45) is 5.23. The Hall–Kier alpha value is -5.05. The van der Waals surface area contributed by atoms with Crippen molar-refractivity contribution in [2.24, 2.45) is 4.99 Å². The maximum Gasteiger partial charge on any atom is 0.424 e. The summed E-state index contributed by atoms with van der Waals surface area (Å²) in [6.45, 7) is 19.8. The fourth-order valence-electron chi connectivity index (χ4n) is 4.44. The number of rotatable bonds is 8. The quantitative estimate of drug-likeness (QED) is 0.141. The molecular weight excluding hydrogens is 580 g/mol. The highest BCUT2D eigenvalue weighted by Gasteiger charge is 2.37. The minimum Gasteiger partial charge on any atom is -0.443 e. The highest BCUT2D eigenvalue weighted by Crippen LogP contribution is 2.35. The van der Waals surface area contributed by atoms with Crippen molar-refractivity contribution in [3.05, 3.63) is 95.9 Å². The molecule has 242 valence electrons. The number of para-hydroxylation sites is 1. The molecule has 0 spiro atoms. The molecule has 0 aliphatic heterocycles. The van der Waals surface area contributed by atoms with Crippen LogP contribution >= 0.6 is 0 Å². The van der Waals surface area contributed by atoms with Crippen LogP contribution in [0, 0.1) is 0 Å². The van der Waals surface area contributed by atoms with Crippen molar-refractivity contribution < 1.29 is 23.9 Å². The summed E-state index contributed by atoms with van der Waals surface area (Å²) in [5.74, 6) is -0.438. The zero-order valence-corrected chi connectivity index (χ0v) is 28.2. The maximum atomic E-state index is 14.6. The number of nitrogens with zero attached hydrogens (tertiary/aromatic N) is 4. The number of hydrogen-bond donors (Lipinski definition) is 0. The number of hydrogen-bond acceptors (Lipinski definition) is 7. The van der Waals surface area contributed by atoms with Gasteiger partial charge in [-0.05, 0) is 105 Å². The van der Waals surface area contributed by atoms with Gasteiger partial charge >= 0.3 is 12.2 Å². The van der Waals surface area contributed by atoms with E-state index in [2.05, 4.69) is 11.7 Å². The van der Waals surface area contributed by atoms with Crippen LogP contribution in [-0.4, -0.2) is 47.5 Å². The first-order chi connectivity index (χ1) is 21.6. The Balaban J connectivity index is 2.43. The predicted molar refractivity (Wildman–Crippen MR) is 187 cm³/mol. The van der Waals surface area contributed by atoms with Gasteiger partial charge in [0.1, 0.15) is 11.2 Å². The lowest BCUT2D eigenvalue weighted by atomic mass is 10.0. The van der Waals surface area contributed by atoms with Gasteiger partial charge in [0.25, 0.3) is 5.91 Å². The van der Waals surface area contributed by atoms with Crippen molar-refractivity contribution in [3.8, 4) is 0 Å². The number of anilines is 2. The van der Waals surface area contributed by atoms with Gasteiger partial charge in [-0.25, -0.2) is 14.6 Å². The fourth-order valence-corrected chi connectivity index (χ4v) is 4.44. The molecule has 0 N–H and O–H groups in total. The summed E-state index contributed by atoms with van der Waals surface area (Å²) < 4.78 is 11.4. The summed E-state index contributed by atoms with van der Waals surface area (Å²) >= 11 is 0. The van der Waals surface area contributed by atoms with Gasteiger partial charge in [-0.1, -0.05) is 42.0 Å². The van der Waals surface area contributed by atoms with E-state index in [1.54, 1.807) is 76.9 Å². The van der Waals surface area contributed by atoms with Gasteiger partial charge in [-0.15, -0.1) is 0 Å². The number of imide groups is 1. The van der Waals surface area contributed by atoms with Gasteiger partial charge in [0.2, 0.25) is 0 Å². The maximum absolute atomic E-state index is 14.6. The van der Waals surface area contributed by atoms with E-state index in [9.17, 15) is 14.4 Å². The number of aromatic nitrogens is 1. The third kappa shape index (κ3) is 9.23. The molecule has 0 radical (unpaired) electrons. The van der Waals surface area contributed by atoms with E-state index in [1.165, 1.54) is 0 Å². The molecule has 0 fully saturated rings. The molecule has 0 bridgehead atoms.